The summed E-state index contributed by atoms with van der Waals surface area (Å²) in [6, 6.07) is 0. The van der Waals surface area contributed by atoms with Crippen molar-refractivity contribution in [1.29, 1.82) is 0 Å². The number of nitrogens with two attached hydrogens (primary N) is 1. The van der Waals surface area contributed by atoms with Gasteiger partial charge in [0.05, 0.1) is 0 Å². The van der Waals surface area contributed by atoms with E-state index >= 15 is 0 Å². The Bertz CT molecular complexity index is 319. The number of aryl methyl sites for hydroxylation is 2. The van der Waals surface area contributed by atoms with Crippen molar-refractivity contribution >= 4 is 5.84 Å². The van der Waals surface area contributed by atoms with Crippen molar-refractivity contribution in [3.63, 3.8) is 0 Å². The number of amidine groups is 1. The topological polar surface area (TPSA) is 76.4 Å². The third kappa shape index (κ3) is 3.61. The molecule has 0 bridgehead atoms. The number of hydrogen-bond acceptors (Lipinski definition) is 3. The largest absolute Gasteiger partial charge is 0.409 e. The standard InChI is InChI=1S/C10H18N4O/c1-2-10-12-6-8-14(10)7-4-3-5-9(11)13-15/h6,8,15H,2-5,7H2,1H3,(H2,11,13). The molecule has 0 aliphatic carbocycles. The van der Waals surface area contributed by atoms with E-state index in [1.165, 1.54) is 0 Å². The summed E-state index contributed by atoms with van der Waals surface area (Å²) >= 11 is 0. The summed E-state index contributed by atoms with van der Waals surface area (Å²) in [6.07, 6.45) is 7.35. The van der Waals surface area contributed by atoms with Crippen LogP contribution in [0.15, 0.2) is 17.5 Å². The van der Waals surface area contributed by atoms with Crippen LogP contribution in [0.3, 0.4) is 0 Å². The Hall–Kier alpha value is -1.52. The zero-order valence-electron chi connectivity index (χ0n) is 9.06. The van der Waals surface area contributed by atoms with Gasteiger partial charge in [-0.25, -0.2) is 4.98 Å². The normalized spacial score (nSPS) is 11.9. The first-order valence-corrected chi connectivity index (χ1v) is 5.24. The molecule has 0 saturated heterocycles. The summed E-state index contributed by atoms with van der Waals surface area (Å²) in [5, 5.41) is 11.3. The average Bonchev–Trinajstić information content (AvgIpc) is 2.71. The average molecular weight is 210 g/mol. The highest BCUT2D eigenvalue weighted by molar-refractivity contribution is 5.79. The lowest BCUT2D eigenvalue weighted by Gasteiger charge is -2.05. The second kappa shape index (κ2) is 6.06. The van der Waals surface area contributed by atoms with E-state index in [4.69, 9.17) is 10.9 Å². The molecule has 0 saturated carbocycles. The number of unbranched alkanes of at least 4 members (excludes halogenated alkanes) is 1. The number of hydrogen-bond donors (Lipinski definition) is 2. The van der Waals surface area contributed by atoms with Crippen LogP contribution in [0.2, 0.25) is 0 Å². The number of oxime groups is 1. The van der Waals surface area contributed by atoms with Gasteiger partial charge in [-0.15, -0.1) is 0 Å². The lowest BCUT2D eigenvalue weighted by atomic mass is 10.2. The van der Waals surface area contributed by atoms with Crippen LogP contribution in [0.25, 0.3) is 0 Å². The molecule has 0 amide bonds. The van der Waals surface area contributed by atoms with Crippen molar-refractivity contribution in [3.8, 4) is 0 Å². The van der Waals surface area contributed by atoms with Gasteiger partial charge in [-0.1, -0.05) is 12.1 Å². The van der Waals surface area contributed by atoms with E-state index in [1.54, 1.807) is 0 Å². The van der Waals surface area contributed by atoms with E-state index in [9.17, 15) is 0 Å². The molecule has 5 nitrogen and oxygen atoms in total. The highest BCUT2D eigenvalue weighted by Gasteiger charge is 1.99. The maximum atomic E-state index is 8.35. The third-order valence-electron chi connectivity index (χ3n) is 2.33. The molecule has 0 aliphatic rings. The molecule has 0 atom stereocenters. The first-order chi connectivity index (χ1) is 7.27. The van der Waals surface area contributed by atoms with Crippen molar-refractivity contribution in [2.75, 3.05) is 0 Å². The molecule has 0 fully saturated rings. The Labute approximate surface area is 89.6 Å². The first-order valence-electron chi connectivity index (χ1n) is 5.24. The Balaban J connectivity index is 2.26. The second-order valence-electron chi connectivity index (χ2n) is 3.44. The molecule has 5 heteroatoms. The highest BCUT2D eigenvalue weighted by Crippen LogP contribution is 2.03. The summed E-state index contributed by atoms with van der Waals surface area (Å²) in [5.41, 5.74) is 5.37. The molecule has 0 spiro atoms. The molecular weight excluding hydrogens is 192 g/mol. The molecule has 0 aliphatic heterocycles. The molecule has 15 heavy (non-hydrogen) atoms. The fraction of sp³-hybridized carbons (Fsp3) is 0.600. The van der Waals surface area contributed by atoms with Crippen LogP contribution in [0, 0.1) is 0 Å². The fourth-order valence-electron chi connectivity index (χ4n) is 1.50. The lowest BCUT2D eigenvalue weighted by molar-refractivity contribution is 0.316. The van der Waals surface area contributed by atoms with Gasteiger partial charge in [0.2, 0.25) is 0 Å². The monoisotopic (exact) mass is 210 g/mol. The molecule has 0 aromatic carbocycles. The second-order valence-corrected chi connectivity index (χ2v) is 3.44. The van der Waals surface area contributed by atoms with Gasteiger partial charge >= 0.3 is 0 Å². The Morgan fingerprint density at radius 3 is 3.07 bits per heavy atom. The Kier molecular flexibility index (Phi) is 4.66. The van der Waals surface area contributed by atoms with E-state index in [-0.39, 0.29) is 0 Å². The SMILES string of the molecule is CCc1nccn1CCCC/C(N)=N/O. The van der Waals surface area contributed by atoms with Crippen molar-refractivity contribution in [2.24, 2.45) is 10.9 Å². The number of nitrogens with zero attached hydrogens (tertiary/aromatic N) is 3. The molecule has 3 N–H and O–H groups in total. The number of rotatable bonds is 6. The molecule has 1 heterocycles. The minimum absolute atomic E-state index is 0.302. The van der Waals surface area contributed by atoms with Gasteiger partial charge in [0.25, 0.3) is 0 Å². The fourth-order valence-corrected chi connectivity index (χ4v) is 1.50. The van der Waals surface area contributed by atoms with Gasteiger partial charge < -0.3 is 15.5 Å². The third-order valence-corrected chi connectivity index (χ3v) is 2.33. The zero-order chi connectivity index (χ0) is 11.1. The highest BCUT2D eigenvalue weighted by atomic mass is 16.4. The Morgan fingerprint density at radius 2 is 2.40 bits per heavy atom. The predicted molar refractivity (Wildman–Crippen MR) is 58.9 cm³/mol. The van der Waals surface area contributed by atoms with Crippen LogP contribution in [0.4, 0.5) is 0 Å². The van der Waals surface area contributed by atoms with Crippen LogP contribution in [-0.4, -0.2) is 20.6 Å². The van der Waals surface area contributed by atoms with Gasteiger partial charge in [-0.3, -0.25) is 0 Å². The molecular formula is C10H18N4O. The zero-order valence-corrected chi connectivity index (χ0v) is 9.06. The predicted octanol–water partition coefficient (Wildman–Crippen LogP) is 1.36. The summed E-state index contributed by atoms with van der Waals surface area (Å²) < 4.78 is 2.15. The lowest BCUT2D eigenvalue weighted by Crippen LogP contribution is -2.11. The minimum Gasteiger partial charge on any atom is -0.409 e. The maximum Gasteiger partial charge on any atom is 0.139 e. The smallest absolute Gasteiger partial charge is 0.139 e. The van der Waals surface area contributed by atoms with E-state index < -0.39 is 0 Å². The van der Waals surface area contributed by atoms with Gasteiger partial charge in [-0.05, 0) is 12.8 Å². The van der Waals surface area contributed by atoms with Crippen LogP contribution in [0.1, 0.15) is 32.0 Å². The van der Waals surface area contributed by atoms with E-state index in [0.717, 1.165) is 31.6 Å². The summed E-state index contributed by atoms with van der Waals surface area (Å²) in [6.45, 7) is 3.04. The van der Waals surface area contributed by atoms with Crippen LogP contribution >= 0.6 is 0 Å². The molecule has 0 radical (unpaired) electrons. The molecule has 0 unspecified atom stereocenters. The molecule has 1 aromatic rings. The Morgan fingerprint density at radius 1 is 1.60 bits per heavy atom. The van der Waals surface area contributed by atoms with E-state index in [0.29, 0.717) is 12.3 Å². The van der Waals surface area contributed by atoms with Gasteiger partial charge in [-0.2, -0.15) is 0 Å². The van der Waals surface area contributed by atoms with Crippen molar-refractivity contribution in [1.82, 2.24) is 9.55 Å². The van der Waals surface area contributed by atoms with Crippen molar-refractivity contribution in [3.05, 3.63) is 18.2 Å². The number of aromatic nitrogens is 2. The van der Waals surface area contributed by atoms with Crippen molar-refractivity contribution in [2.45, 2.75) is 39.2 Å². The van der Waals surface area contributed by atoms with E-state index in [2.05, 4.69) is 21.6 Å². The van der Waals surface area contributed by atoms with Gasteiger partial charge in [0, 0.05) is 31.8 Å². The minimum atomic E-state index is 0.302. The summed E-state index contributed by atoms with van der Waals surface area (Å²) in [7, 11) is 0. The van der Waals surface area contributed by atoms with Crippen molar-refractivity contribution < 1.29 is 5.21 Å². The first kappa shape index (κ1) is 11.6. The maximum absolute atomic E-state index is 8.35. The van der Waals surface area contributed by atoms with Gasteiger partial charge in [0.15, 0.2) is 0 Å². The summed E-state index contributed by atoms with van der Waals surface area (Å²) in [5.74, 6) is 1.41. The van der Waals surface area contributed by atoms with Crippen LogP contribution in [-0.2, 0) is 13.0 Å². The van der Waals surface area contributed by atoms with Crippen LogP contribution < -0.4 is 5.73 Å². The van der Waals surface area contributed by atoms with Crippen LogP contribution in [0.5, 0.6) is 0 Å². The molecule has 1 rings (SSSR count). The molecule has 84 valence electrons. The molecule has 1 aromatic heterocycles. The van der Waals surface area contributed by atoms with E-state index in [1.807, 2.05) is 12.4 Å². The summed E-state index contributed by atoms with van der Waals surface area (Å²) in [4.78, 5) is 4.24. The van der Waals surface area contributed by atoms with Gasteiger partial charge in [0.1, 0.15) is 11.7 Å². The number of imidazole rings is 1. The quantitative estimate of drug-likeness (QED) is 0.245.